The molecule has 0 unspecified atom stereocenters. The van der Waals surface area contributed by atoms with Gasteiger partial charge in [-0.3, -0.25) is 4.79 Å². The van der Waals surface area contributed by atoms with Crippen molar-refractivity contribution < 1.29 is 27.8 Å². The standard InChI is InChI=1S/C17H16F2N2O4S/c1-24-13-6-5-10(8-12(13)16(23)25-2)9-21-14(22)11-4-3-7-20-15(11)26-17(18)19/h3-8,17H,9H2,1-2H3,(H,21,22). The molecule has 0 atom stereocenters. The summed E-state index contributed by atoms with van der Waals surface area (Å²) in [4.78, 5) is 27.9. The SMILES string of the molecule is COC(=O)c1cc(CNC(=O)c2cccnc2SC(F)F)ccc1OC. The van der Waals surface area contributed by atoms with Gasteiger partial charge in [0.1, 0.15) is 16.3 Å². The van der Waals surface area contributed by atoms with E-state index in [1.165, 1.54) is 38.6 Å². The average Bonchev–Trinajstić information content (AvgIpc) is 2.65. The Hall–Kier alpha value is -2.68. The van der Waals surface area contributed by atoms with E-state index in [0.29, 0.717) is 11.3 Å². The number of hydrogen-bond donors (Lipinski definition) is 1. The van der Waals surface area contributed by atoms with Crippen molar-refractivity contribution in [2.24, 2.45) is 0 Å². The van der Waals surface area contributed by atoms with Crippen molar-refractivity contribution in [3.63, 3.8) is 0 Å². The first-order valence-corrected chi connectivity index (χ1v) is 8.27. The molecule has 2 aromatic rings. The number of pyridine rings is 1. The van der Waals surface area contributed by atoms with Gasteiger partial charge in [0.2, 0.25) is 0 Å². The number of carbonyl (C=O) groups is 2. The van der Waals surface area contributed by atoms with Gasteiger partial charge in [-0.15, -0.1) is 0 Å². The molecule has 0 saturated carbocycles. The maximum Gasteiger partial charge on any atom is 0.341 e. The maximum absolute atomic E-state index is 12.6. The van der Waals surface area contributed by atoms with Crippen LogP contribution in [-0.4, -0.2) is 36.8 Å². The Morgan fingerprint density at radius 2 is 2.00 bits per heavy atom. The molecule has 138 valence electrons. The molecular formula is C17H16F2N2O4S. The highest BCUT2D eigenvalue weighted by Crippen LogP contribution is 2.26. The van der Waals surface area contributed by atoms with Gasteiger partial charge in [-0.25, -0.2) is 9.78 Å². The number of ether oxygens (including phenoxy) is 2. The van der Waals surface area contributed by atoms with Gasteiger partial charge in [0.25, 0.3) is 11.7 Å². The highest BCUT2D eigenvalue weighted by Gasteiger charge is 2.17. The summed E-state index contributed by atoms with van der Waals surface area (Å²) in [6.45, 7) is 0.0838. The maximum atomic E-state index is 12.6. The van der Waals surface area contributed by atoms with Crippen LogP contribution >= 0.6 is 11.8 Å². The summed E-state index contributed by atoms with van der Waals surface area (Å²) in [6, 6.07) is 7.69. The van der Waals surface area contributed by atoms with E-state index in [9.17, 15) is 18.4 Å². The lowest BCUT2D eigenvalue weighted by Gasteiger charge is -2.11. The van der Waals surface area contributed by atoms with Gasteiger partial charge >= 0.3 is 5.97 Å². The Labute approximate surface area is 152 Å². The van der Waals surface area contributed by atoms with E-state index >= 15 is 0 Å². The highest BCUT2D eigenvalue weighted by atomic mass is 32.2. The van der Waals surface area contributed by atoms with E-state index < -0.39 is 17.6 Å². The van der Waals surface area contributed by atoms with Gasteiger partial charge in [0.15, 0.2) is 0 Å². The molecule has 0 spiro atoms. The lowest BCUT2D eigenvalue weighted by Crippen LogP contribution is -2.24. The minimum atomic E-state index is -2.68. The Kier molecular flexibility index (Phi) is 6.90. The van der Waals surface area contributed by atoms with Crippen LogP contribution in [0.2, 0.25) is 0 Å². The number of thioether (sulfide) groups is 1. The van der Waals surface area contributed by atoms with E-state index in [4.69, 9.17) is 9.47 Å². The van der Waals surface area contributed by atoms with E-state index in [1.807, 2.05) is 0 Å². The number of amides is 1. The van der Waals surface area contributed by atoms with E-state index in [1.54, 1.807) is 12.1 Å². The van der Waals surface area contributed by atoms with Crippen LogP contribution in [0.1, 0.15) is 26.3 Å². The third-order valence-electron chi connectivity index (χ3n) is 3.34. The molecule has 1 amide bonds. The van der Waals surface area contributed by atoms with Gasteiger partial charge in [0, 0.05) is 12.7 Å². The fraction of sp³-hybridized carbons (Fsp3) is 0.235. The zero-order valence-corrected chi connectivity index (χ0v) is 14.8. The normalized spacial score (nSPS) is 10.5. The zero-order valence-electron chi connectivity index (χ0n) is 14.0. The second-order valence-electron chi connectivity index (χ2n) is 4.94. The quantitative estimate of drug-likeness (QED) is 0.586. The van der Waals surface area contributed by atoms with Crippen LogP contribution in [-0.2, 0) is 11.3 Å². The number of carbonyl (C=O) groups excluding carboxylic acids is 2. The molecule has 0 fully saturated rings. The van der Waals surface area contributed by atoms with E-state index in [-0.39, 0.29) is 34.5 Å². The summed E-state index contributed by atoms with van der Waals surface area (Å²) >= 11 is 0.206. The molecule has 0 aliphatic carbocycles. The monoisotopic (exact) mass is 382 g/mol. The van der Waals surface area contributed by atoms with Crippen LogP contribution < -0.4 is 10.1 Å². The molecule has 0 aliphatic heterocycles. The van der Waals surface area contributed by atoms with Crippen LogP contribution in [0.4, 0.5) is 8.78 Å². The smallest absolute Gasteiger partial charge is 0.341 e. The molecule has 1 aromatic heterocycles. The molecule has 6 nitrogen and oxygen atoms in total. The Bertz CT molecular complexity index is 802. The number of hydrogen-bond acceptors (Lipinski definition) is 6. The second kappa shape index (κ2) is 9.14. The van der Waals surface area contributed by atoms with Crippen molar-refractivity contribution in [2.45, 2.75) is 17.3 Å². The minimum Gasteiger partial charge on any atom is -0.496 e. The first-order chi connectivity index (χ1) is 12.5. The predicted octanol–water partition coefficient (Wildman–Crippen LogP) is 3.12. The number of methoxy groups -OCH3 is 2. The molecule has 0 radical (unpaired) electrons. The minimum absolute atomic E-state index is 0.0509. The molecule has 1 heterocycles. The molecule has 26 heavy (non-hydrogen) atoms. The largest absolute Gasteiger partial charge is 0.496 e. The summed E-state index contributed by atoms with van der Waals surface area (Å²) in [6.07, 6.45) is 1.34. The molecule has 1 N–H and O–H groups in total. The van der Waals surface area contributed by atoms with Gasteiger partial charge in [-0.2, -0.15) is 8.78 Å². The number of aromatic nitrogens is 1. The summed E-state index contributed by atoms with van der Waals surface area (Å²) in [7, 11) is 2.68. The molecule has 0 bridgehead atoms. The van der Waals surface area contributed by atoms with Crippen LogP contribution in [0.3, 0.4) is 0 Å². The van der Waals surface area contributed by atoms with Crippen molar-refractivity contribution in [1.82, 2.24) is 10.3 Å². The molecular weight excluding hydrogens is 366 g/mol. The van der Waals surface area contributed by atoms with Crippen LogP contribution in [0.5, 0.6) is 5.75 Å². The van der Waals surface area contributed by atoms with E-state index in [0.717, 1.165) is 0 Å². The third kappa shape index (κ3) is 4.92. The van der Waals surface area contributed by atoms with Crippen molar-refractivity contribution >= 4 is 23.6 Å². The van der Waals surface area contributed by atoms with Gasteiger partial charge in [-0.1, -0.05) is 6.07 Å². The highest BCUT2D eigenvalue weighted by molar-refractivity contribution is 7.99. The summed E-state index contributed by atoms with van der Waals surface area (Å²) in [5.41, 5.74) is 0.892. The van der Waals surface area contributed by atoms with Crippen LogP contribution in [0.15, 0.2) is 41.6 Å². The first kappa shape index (κ1) is 19.6. The van der Waals surface area contributed by atoms with Gasteiger partial charge in [-0.05, 0) is 41.6 Å². The number of esters is 1. The number of nitrogens with zero attached hydrogens (tertiary/aromatic N) is 1. The Morgan fingerprint density at radius 1 is 1.23 bits per heavy atom. The van der Waals surface area contributed by atoms with Gasteiger partial charge < -0.3 is 14.8 Å². The fourth-order valence-corrected chi connectivity index (χ4v) is 2.73. The predicted molar refractivity (Wildman–Crippen MR) is 91.6 cm³/mol. The Balaban J connectivity index is 2.14. The summed E-state index contributed by atoms with van der Waals surface area (Å²) in [5.74, 6) is -3.45. The van der Waals surface area contributed by atoms with Crippen molar-refractivity contribution in [2.75, 3.05) is 14.2 Å². The first-order valence-electron chi connectivity index (χ1n) is 7.39. The summed E-state index contributed by atoms with van der Waals surface area (Å²) < 4.78 is 34.9. The summed E-state index contributed by atoms with van der Waals surface area (Å²) in [5, 5.41) is 2.57. The lowest BCUT2D eigenvalue weighted by atomic mass is 10.1. The average molecular weight is 382 g/mol. The number of halogens is 2. The molecule has 2 rings (SSSR count). The third-order valence-corrected chi connectivity index (χ3v) is 4.07. The zero-order chi connectivity index (χ0) is 19.1. The Morgan fingerprint density at radius 3 is 2.65 bits per heavy atom. The molecule has 9 heteroatoms. The van der Waals surface area contributed by atoms with Crippen LogP contribution in [0.25, 0.3) is 0 Å². The number of benzene rings is 1. The number of nitrogens with one attached hydrogen (secondary N) is 1. The van der Waals surface area contributed by atoms with Crippen LogP contribution in [0, 0.1) is 0 Å². The molecule has 0 saturated heterocycles. The van der Waals surface area contributed by atoms with Crippen molar-refractivity contribution in [1.29, 1.82) is 0 Å². The second-order valence-corrected chi connectivity index (χ2v) is 5.92. The van der Waals surface area contributed by atoms with Gasteiger partial charge in [0.05, 0.1) is 19.8 Å². The number of alkyl halides is 2. The molecule has 1 aromatic carbocycles. The van der Waals surface area contributed by atoms with Crippen molar-refractivity contribution in [3.8, 4) is 5.75 Å². The topological polar surface area (TPSA) is 77.5 Å². The van der Waals surface area contributed by atoms with Crippen molar-refractivity contribution in [3.05, 3.63) is 53.2 Å². The fourth-order valence-electron chi connectivity index (χ4n) is 2.15. The molecule has 0 aliphatic rings. The van der Waals surface area contributed by atoms with E-state index in [2.05, 4.69) is 10.3 Å². The number of rotatable bonds is 7. The lowest BCUT2D eigenvalue weighted by molar-refractivity contribution is 0.0597.